The number of carboxylic acid groups (broad SMARTS) is 1. The maximum absolute atomic E-state index is 12.3. The van der Waals surface area contributed by atoms with E-state index in [0.717, 1.165) is 6.07 Å². The normalized spacial score (nSPS) is 9.96. The molecule has 0 atom stereocenters. The molecule has 0 heterocycles. The fraction of sp³-hybridized carbons (Fsp3) is 0.118. The Bertz CT molecular complexity index is 915. The van der Waals surface area contributed by atoms with Crippen LogP contribution in [0.1, 0.15) is 27.6 Å². The smallest absolute Gasteiger partial charge is 0.311 e. The van der Waals surface area contributed by atoms with Crippen molar-refractivity contribution in [3.63, 3.8) is 0 Å². The van der Waals surface area contributed by atoms with E-state index in [1.165, 1.54) is 30.3 Å². The van der Waals surface area contributed by atoms with Crippen molar-refractivity contribution in [2.75, 3.05) is 11.9 Å². The molecule has 9 nitrogen and oxygen atoms in total. The second kappa shape index (κ2) is 8.72. The molecule has 0 unspecified atom stereocenters. The summed E-state index contributed by atoms with van der Waals surface area (Å²) in [5, 5.41) is 26.9. The summed E-state index contributed by atoms with van der Waals surface area (Å²) in [4.78, 5) is 33.6. The molecule has 0 bridgehead atoms. The van der Waals surface area contributed by atoms with Crippen molar-refractivity contribution in [1.82, 2.24) is 5.32 Å². The van der Waals surface area contributed by atoms with Gasteiger partial charge in [-0.2, -0.15) is 0 Å². The molecular weight excluding hydrogens is 374 g/mol. The second-order valence-electron chi connectivity index (χ2n) is 5.15. The van der Waals surface area contributed by atoms with Gasteiger partial charge < -0.3 is 20.0 Å². The molecule has 0 aromatic heterocycles. The Morgan fingerprint density at radius 1 is 1.19 bits per heavy atom. The predicted octanol–water partition coefficient (Wildman–Crippen LogP) is 1.48. The lowest BCUT2D eigenvalue weighted by atomic mass is 10.1. The van der Waals surface area contributed by atoms with Gasteiger partial charge in [-0.1, -0.05) is 12.1 Å². The Labute approximate surface area is 159 Å². The van der Waals surface area contributed by atoms with Gasteiger partial charge in [-0.25, -0.2) is 0 Å². The Morgan fingerprint density at radius 3 is 2.56 bits per heavy atom. The highest BCUT2D eigenvalue weighted by molar-refractivity contribution is 7.80. The molecule has 0 fully saturated rings. The molecule has 1 amide bonds. The molecule has 0 radical (unpaired) electrons. The molecule has 140 valence electrons. The number of thiocarbonyl (C=S) groups is 1. The van der Waals surface area contributed by atoms with Crippen molar-refractivity contribution >= 4 is 40.6 Å². The summed E-state index contributed by atoms with van der Waals surface area (Å²) in [6, 6.07) is 9.44. The average molecular weight is 388 g/mol. The van der Waals surface area contributed by atoms with Crippen LogP contribution in [0, 0.1) is 10.1 Å². The quantitative estimate of drug-likeness (QED) is 0.432. The number of hydrogen-bond acceptors (Lipinski definition) is 7. The largest absolute Gasteiger partial charge is 0.545 e. The van der Waals surface area contributed by atoms with Gasteiger partial charge in [0.2, 0.25) is 0 Å². The van der Waals surface area contributed by atoms with Gasteiger partial charge >= 0.3 is 5.69 Å². The molecule has 2 rings (SSSR count). The molecule has 0 aliphatic carbocycles. The summed E-state index contributed by atoms with van der Waals surface area (Å²) in [7, 11) is 0. The summed E-state index contributed by atoms with van der Waals surface area (Å²) < 4.78 is 5.16. The summed E-state index contributed by atoms with van der Waals surface area (Å²) in [5.41, 5.74) is -0.0567. The molecule has 0 aliphatic heterocycles. The molecule has 2 N–H and O–H groups in total. The van der Waals surface area contributed by atoms with Gasteiger partial charge in [0.25, 0.3) is 5.91 Å². The van der Waals surface area contributed by atoms with Crippen molar-refractivity contribution < 1.29 is 24.4 Å². The van der Waals surface area contributed by atoms with Crippen molar-refractivity contribution in [3.8, 4) is 5.75 Å². The average Bonchev–Trinajstić information content (AvgIpc) is 2.62. The Balaban J connectivity index is 2.11. The third-order valence-corrected chi connectivity index (χ3v) is 3.50. The van der Waals surface area contributed by atoms with E-state index in [2.05, 4.69) is 10.6 Å². The van der Waals surface area contributed by atoms with Gasteiger partial charge in [-0.3, -0.25) is 20.2 Å². The van der Waals surface area contributed by atoms with Gasteiger partial charge in [0.15, 0.2) is 10.9 Å². The number of carbonyl (C=O) groups excluding carboxylic acids is 2. The molecule has 10 heteroatoms. The van der Waals surface area contributed by atoms with Crippen LogP contribution in [0.2, 0.25) is 0 Å². The van der Waals surface area contributed by atoms with Gasteiger partial charge in [0.1, 0.15) is 0 Å². The number of nitrogens with zero attached hydrogens (tertiary/aromatic N) is 1. The zero-order valence-corrected chi connectivity index (χ0v) is 14.9. The Kier molecular flexibility index (Phi) is 6.39. The van der Waals surface area contributed by atoms with Crippen LogP contribution in [-0.2, 0) is 0 Å². The molecule has 2 aromatic carbocycles. The van der Waals surface area contributed by atoms with Crippen LogP contribution in [0.25, 0.3) is 0 Å². The number of nitrogens with one attached hydrogen (secondary N) is 2. The predicted molar refractivity (Wildman–Crippen MR) is 98.7 cm³/mol. The highest BCUT2D eigenvalue weighted by Gasteiger charge is 2.19. The monoisotopic (exact) mass is 388 g/mol. The fourth-order valence-corrected chi connectivity index (χ4v) is 2.35. The van der Waals surface area contributed by atoms with E-state index in [1.807, 2.05) is 0 Å². The third kappa shape index (κ3) is 5.22. The number of anilines is 1. The maximum atomic E-state index is 12.3. The summed E-state index contributed by atoms with van der Waals surface area (Å²) >= 11 is 5.01. The lowest BCUT2D eigenvalue weighted by molar-refractivity contribution is -0.385. The van der Waals surface area contributed by atoms with Crippen LogP contribution in [0.3, 0.4) is 0 Å². The minimum atomic E-state index is -1.35. The van der Waals surface area contributed by atoms with Crippen molar-refractivity contribution in [3.05, 3.63) is 63.7 Å². The summed E-state index contributed by atoms with van der Waals surface area (Å²) in [6.07, 6.45) is 0. The number of benzene rings is 2. The van der Waals surface area contributed by atoms with Crippen molar-refractivity contribution in [2.24, 2.45) is 0 Å². The number of carboxylic acids is 1. The first kappa shape index (κ1) is 19.8. The van der Waals surface area contributed by atoms with Crippen LogP contribution in [0.15, 0.2) is 42.5 Å². The standard InChI is InChI=1S/C17H15N3O6S/c1-2-26-14-7-6-10(9-13(14)20(24)25)15(21)19-17(27)18-12-5-3-4-11(8-12)16(22)23/h3-9H,2H2,1H3,(H,22,23)(H2,18,19,21,27)/p-1. The van der Waals surface area contributed by atoms with Crippen LogP contribution in [0.5, 0.6) is 5.75 Å². The maximum Gasteiger partial charge on any atom is 0.311 e. The van der Waals surface area contributed by atoms with Gasteiger partial charge in [-0.15, -0.1) is 0 Å². The number of nitro benzene ring substituents is 1. The lowest BCUT2D eigenvalue weighted by Gasteiger charge is -2.11. The Morgan fingerprint density at radius 2 is 1.93 bits per heavy atom. The number of rotatable bonds is 6. The van der Waals surface area contributed by atoms with Crippen LogP contribution < -0.4 is 20.5 Å². The van der Waals surface area contributed by atoms with E-state index in [4.69, 9.17) is 17.0 Å². The Hall–Kier alpha value is -3.53. The van der Waals surface area contributed by atoms with E-state index < -0.39 is 16.8 Å². The first-order chi connectivity index (χ1) is 12.8. The second-order valence-corrected chi connectivity index (χ2v) is 5.56. The van der Waals surface area contributed by atoms with E-state index in [9.17, 15) is 24.8 Å². The van der Waals surface area contributed by atoms with E-state index in [0.29, 0.717) is 5.69 Å². The molecule has 27 heavy (non-hydrogen) atoms. The first-order valence-corrected chi connectivity index (χ1v) is 8.07. The van der Waals surface area contributed by atoms with Gasteiger partial charge in [-0.05, 0) is 49.0 Å². The van der Waals surface area contributed by atoms with Crippen molar-refractivity contribution in [2.45, 2.75) is 6.92 Å². The summed E-state index contributed by atoms with van der Waals surface area (Å²) in [5.74, 6) is -1.97. The molecule has 0 saturated carbocycles. The summed E-state index contributed by atoms with van der Waals surface area (Å²) in [6.45, 7) is 1.93. The number of carbonyl (C=O) groups is 2. The topological polar surface area (TPSA) is 134 Å². The van der Waals surface area contributed by atoms with Crippen molar-refractivity contribution in [1.29, 1.82) is 0 Å². The van der Waals surface area contributed by atoms with E-state index in [-0.39, 0.29) is 34.3 Å². The van der Waals surface area contributed by atoms with Gasteiger partial charge in [0, 0.05) is 17.3 Å². The zero-order valence-electron chi connectivity index (χ0n) is 14.1. The fourth-order valence-electron chi connectivity index (χ4n) is 2.14. The SMILES string of the molecule is CCOc1ccc(C(=O)NC(=S)Nc2cccc(C(=O)[O-])c2)cc1[N+](=O)[O-]. The highest BCUT2D eigenvalue weighted by Crippen LogP contribution is 2.27. The highest BCUT2D eigenvalue weighted by atomic mass is 32.1. The van der Waals surface area contributed by atoms with Crippen LogP contribution >= 0.6 is 12.2 Å². The van der Waals surface area contributed by atoms with E-state index in [1.54, 1.807) is 13.0 Å². The molecule has 0 aliphatic rings. The molecule has 2 aromatic rings. The number of aromatic carboxylic acids is 1. The number of amides is 1. The minimum Gasteiger partial charge on any atom is -0.545 e. The molecular formula is C17H14N3O6S-. The molecule has 0 spiro atoms. The van der Waals surface area contributed by atoms with Gasteiger partial charge in [0.05, 0.1) is 17.5 Å². The van der Waals surface area contributed by atoms with E-state index >= 15 is 0 Å². The first-order valence-electron chi connectivity index (χ1n) is 7.66. The number of ether oxygens (including phenoxy) is 1. The number of hydrogen-bond donors (Lipinski definition) is 2. The minimum absolute atomic E-state index is 0.0118. The van der Waals surface area contributed by atoms with Crippen LogP contribution in [0.4, 0.5) is 11.4 Å². The zero-order chi connectivity index (χ0) is 20.0. The lowest BCUT2D eigenvalue weighted by Crippen LogP contribution is -2.34. The number of nitro groups is 1. The third-order valence-electron chi connectivity index (χ3n) is 3.30. The molecule has 0 saturated heterocycles. The van der Waals surface area contributed by atoms with Crippen LogP contribution in [-0.4, -0.2) is 28.5 Å².